The lowest BCUT2D eigenvalue weighted by atomic mass is 10.1. The largest absolute Gasteiger partial charge is 0.377 e. The molecule has 1 aromatic heterocycles. The lowest BCUT2D eigenvalue weighted by Crippen LogP contribution is -2.10. The van der Waals surface area contributed by atoms with Crippen LogP contribution in [0.2, 0.25) is 0 Å². The molecular weight excluding hydrogens is 358 g/mol. The van der Waals surface area contributed by atoms with Crippen LogP contribution in [-0.2, 0) is 11.3 Å². The van der Waals surface area contributed by atoms with E-state index in [2.05, 4.69) is 29.2 Å². The molecule has 145 valence electrons. The Bertz CT molecular complexity index is 967. The van der Waals surface area contributed by atoms with Crippen LogP contribution in [0.5, 0.6) is 0 Å². The van der Waals surface area contributed by atoms with Crippen molar-refractivity contribution in [3.05, 3.63) is 102 Å². The summed E-state index contributed by atoms with van der Waals surface area (Å²) in [7, 11) is 0. The Labute approximate surface area is 172 Å². The second-order valence-electron chi connectivity index (χ2n) is 6.94. The van der Waals surface area contributed by atoms with E-state index in [1.807, 2.05) is 54.7 Å². The minimum absolute atomic E-state index is 0.608. The molecule has 0 N–H and O–H groups in total. The third-order valence-electron chi connectivity index (χ3n) is 4.73. The predicted octanol–water partition coefficient (Wildman–Crippen LogP) is 5.31. The van der Waals surface area contributed by atoms with Crippen LogP contribution in [0.25, 0.3) is 11.4 Å². The van der Waals surface area contributed by atoms with Crippen molar-refractivity contribution in [2.75, 3.05) is 6.61 Å². The molecule has 0 fully saturated rings. The van der Waals surface area contributed by atoms with Gasteiger partial charge in [-0.3, -0.25) is 4.98 Å². The van der Waals surface area contributed by atoms with Crippen molar-refractivity contribution in [3.8, 4) is 0 Å². The normalized spacial score (nSPS) is 13.3. The molecule has 29 heavy (non-hydrogen) atoms. The first-order valence-corrected chi connectivity index (χ1v) is 10.0. The minimum Gasteiger partial charge on any atom is -0.377 e. The van der Waals surface area contributed by atoms with Crippen molar-refractivity contribution in [2.45, 2.75) is 25.9 Å². The maximum atomic E-state index is 5.74. The number of pyridine rings is 1. The molecule has 4 nitrogen and oxygen atoms in total. The third-order valence-corrected chi connectivity index (χ3v) is 4.73. The van der Waals surface area contributed by atoms with Gasteiger partial charge >= 0.3 is 0 Å². The van der Waals surface area contributed by atoms with Gasteiger partial charge in [0.2, 0.25) is 0 Å². The number of nitrogens with zero attached hydrogens (tertiary/aromatic N) is 3. The van der Waals surface area contributed by atoms with E-state index in [-0.39, 0.29) is 0 Å². The number of amidine groups is 1. The van der Waals surface area contributed by atoms with Crippen LogP contribution in [0.15, 0.2) is 90.2 Å². The van der Waals surface area contributed by atoms with E-state index >= 15 is 0 Å². The van der Waals surface area contributed by atoms with E-state index in [9.17, 15) is 0 Å². The summed E-state index contributed by atoms with van der Waals surface area (Å²) >= 11 is 0. The molecule has 0 saturated heterocycles. The van der Waals surface area contributed by atoms with Gasteiger partial charge in [0.1, 0.15) is 5.84 Å². The fourth-order valence-electron chi connectivity index (χ4n) is 3.26. The smallest absolute Gasteiger partial charge is 0.129 e. The first-order valence-electron chi connectivity index (χ1n) is 10.0. The van der Waals surface area contributed by atoms with E-state index in [0.717, 1.165) is 59.8 Å². The van der Waals surface area contributed by atoms with Crippen molar-refractivity contribution in [1.82, 2.24) is 10.3 Å². The second-order valence-corrected chi connectivity index (χ2v) is 6.94. The molecule has 0 saturated carbocycles. The van der Waals surface area contributed by atoms with Crippen molar-refractivity contribution >= 4 is 17.2 Å². The summed E-state index contributed by atoms with van der Waals surface area (Å²) in [6.07, 6.45) is 6.45. The second kappa shape index (κ2) is 9.80. The van der Waals surface area contributed by atoms with Crippen LogP contribution >= 0.6 is 0 Å². The van der Waals surface area contributed by atoms with E-state index in [4.69, 9.17) is 15.0 Å². The molecule has 0 atom stereocenters. The quantitative estimate of drug-likeness (QED) is 0.471. The Balaban J connectivity index is 1.32. The van der Waals surface area contributed by atoms with Crippen molar-refractivity contribution in [1.29, 1.82) is 0 Å². The van der Waals surface area contributed by atoms with Gasteiger partial charge in [-0.05, 0) is 24.5 Å². The zero-order valence-electron chi connectivity index (χ0n) is 16.4. The number of hydrogen-bond acceptors (Lipinski definition) is 3. The fraction of sp³-hybridized carbons (Fsp3) is 0.200. The monoisotopic (exact) mass is 382 g/mol. The molecule has 0 spiro atoms. The lowest BCUT2D eigenvalue weighted by molar-refractivity contribution is 0.117. The highest BCUT2D eigenvalue weighted by Crippen LogP contribution is 2.31. The Kier molecular flexibility index (Phi) is 6.45. The number of benzene rings is 2. The third kappa shape index (κ3) is 5.18. The van der Waals surface area contributed by atoms with Crippen LogP contribution in [0.4, 0.5) is 0 Å². The zero-order chi connectivity index (χ0) is 19.7. The highest BCUT2D eigenvalue weighted by molar-refractivity contribution is 6.07. The maximum Gasteiger partial charge on any atom is 0.129 e. The van der Waals surface area contributed by atoms with Gasteiger partial charge in [0.25, 0.3) is 0 Å². The predicted molar refractivity (Wildman–Crippen MR) is 117 cm³/mol. The molecule has 1 aliphatic heterocycles. The molecule has 2 aromatic carbocycles. The number of hydrogen-bond donors (Lipinski definition) is 0. The van der Waals surface area contributed by atoms with Crippen LogP contribution in [-0.4, -0.2) is 17.4 Å². The van der Waals surface area contributed by atoms with Crippen LogP contribution in [0, 0.1) is 0 Å². The average molecular weight is 382 g/mol. The molecule has 0 bridgehead atoms. The number of aliphatic imine (C=N–C) groups is 1. The van der Waals surface area contributed by atoms with Crippen molar-refractivity contribution in [2.24, 2.45) is 4.99 Å². The fourth-order valence-corrected chi connectivity index (χ4v) is 3.26. The van der Waals surface area contributed by atoms with Crippen LogP contribution < -0.4 is 5.32 Å². The Morgan fingerprint density at radius 3 is 2.14 bits per heavy atom. The van der Waals surface area contributed by atoms with Gasteiger partial charge < -0.3 is 4.74 Å². The van der Waals surface area contributed by atoms with E-state index < -0.39 is 0 Å². The van der Waals surface area contributed by atoms with Gasteiger partial charge in [0.15, 0.2) is 0 Å². The van der Waals surface area contributed by atoms with Gasteiger partial charge in [0, 0.05) is 36.5 Å². The summed E-state index contributed by atoms with van der Waals surface area (Å²) in [6.45, 7) is 1.34. The first kappa shape index (κ1) is 19.1. The number of aromatic nitrogens is 1. The summed E-state index contributed by atoms with van der Waals surface area (Å²) in [6, 6.07) is 24.5. The molecular formula is C25H24N3O. The summed E-state index contributed by atoms with van der Waals surface area (Å²) in [5, 5.41) is 4.86. The van der Waals surface area contributed by atoms with Crippen LogP contribution in [0.1, 0.15) is 36.0 Å². The topological polar surface area (TPSA) is 48.6 Å². The van der Waals surface area contributed by atoms with Crippen molar-refractivity contribution < 1.29 is 4.74 Å². The molecule has 0 aliphatic carbocycles. The zero-order valence-corrected chi connectivity index (χ0v) is 16.4. The summed E-state index contributed by atoms with van der Waals surface area (Å²) < 4.78 is 5.74. The number of rotatable bonds is 9. The molecule has 0 unspecified atom stereocenters. The lowest BCUT2D eigenvalue weighted by Gasteiger charge is -2.06. The van der Waals surface area contributed by atoms with Gasteiger partial charge in [-0.15, -0.1) is 0 Å². The summed E-state index contributed by atoms with van der Waals surface area (Å²) in [4.78, 5) is 8.97. The maximum absolute atomic E-state index is 5.74. The molecule has 3 aromatic rings. The summed E-state index contributed by atoms with van der Waals surface area (Å²) in [5.41, 5.74) is 5.22. The van der Waals surface area contributed by atoms with Gasteiger partial charge in [-0.2, -0.15) is 0 Å². The van der Waals surface area contributed by atoms with Crippen molar-refractivity contribution in [3.63, 3.8) is 0 Å². The van der Waals surface area contributed by atoms with E-state index in [0.29, 0.717) is 6.61 Å². The van der Waals surface area contributed by atoms with Gasteiger partial charge in [0.05, 0.1) is 18.0 Å². The van der Waals surface area contributed by atoms with Gasteiger partial charge in [-0.1, -0.05) is 66.7 Å². The highest BCUT2D eigenvalue weighted by atomic mass is 16.5. The van der Waals surface area contributed by atoms with Gasteiger partial charge in [-0.25, -0.2) is 10.3 Å². The molecule has 4 rings (SSSR count). The SMILES string of the molecule is c1ccc(C2=C(c3ccccc3)N=C(CCCCOCc3cccnc3)[N]2)cc1. The first-order chi connectivity index (χ1) is 14.4. The molecule has 4 heteroatoms. The van der Waals surface area contributed by atoms with Crippen LogP contribution in [0.3, 0.4) is 0 Å². The van der Waals surface area contributed by atoms with E-state index in [1.165, 1.54) is 0 Å². The molecule has 1 aliphatic rings. The Morgan fingerprint density at radius 1 is 0.724 bits per heavy atom. The highest BCUT2D eigenvalue weighted by Gasteiger charge is 2.21. The molecule has 1 radical (unpaired) electrons. The Morgan fingerprint density at radius 2 is 1.45 bits per heavy atom. The average Bonchev–Trinajstić information content (AvgIpc) is 3.22. The molecule has 2 heterocycles. The standard InChI is InChI=1S/C25H24N3O/c1-3-11-21(12-4-1)24-25(22-13-5-2-6-14-22)28-23(27-24)15-7-8-17-29-19-20-10-9-16-26-18-20/h1-6,9-14,16,18H,7-8,15,17,19H2. The minimum atomic E-state index is 0.608. The summed E-state index contributed by atoms with van der Waals surface area (Å²) in [5.74, 6) is 0.898. The molecule has 0 amide bonds. The number of ether oxygens (including phenoxy) is 1. The number of unbranched alkanes of at least 4 members (excludes halogenated alkanes) is 1. The Hall–Kier alpha value is -3.24. The van der Waals surface area contributed by atoms with E-state index in [1.54, 1.807) is 6.20 Å².